The highest BCUT2D eigenvalue weighted by molar-refractivity contribution is 7.13. The lowest BCUT2D eigenvalue weighted by Gasteiger charge is -1.97. The summed E-state index contributed by atoms with van der Waals surface area (Å²) in [5, 5.41) is 10.5. The first-order chi connectivity index (χ1) is 7.20. The first kappa shape index (κ1) is 9.74. The van der Waals surface area contributed by atoms with Crippen molar-refractivity contribution >= 4 is 11.3 Å². The van der Waals surface area contributed by atoms with E-state index in [0.717, 1.165) is 23.5 Å². The molecule has 74 valence electrons. The predicted molar refractivity (Wildman–Crippen MR) is 52.2 cm³/mol. The second-order valence-electron chi connectivity index (χ2n) is 2.77. The molecule has 0 atom stereocenters. The minimum Gasteiger partial charge on any atom is -0.225 e. The molecule has 2 aromatic rings. The third-order valence-electron chi connectivity index (χ3n) is 1.78. The monoisotopic (exact) mass is 222 g/mol. The average molecular weight is 222 g/mol. The Labute approximate surface area is 88.4 Å². The molecule has 0 unspecified atom stereocenters. The summed E-state index contributed by atoms with van der Waals surface area (Å²) in [6.45, 7) is 0. The number of halogens is 2. The van der Waals surface area contributed by atoms with Crippen molar-refractivity contribution in [1.82, 2.24) is 4.98 Å². The molecule has 5 heteroatoms. The van der Waals surface area contributed by atoms with Gasteiger partial charge >= 0.3 is 0 Å². The van der Waals surface area contributed by atoms with Gasteiger partial charge in [0.2, 0.25) is 0 Å². The van der Waals surface area contributed by atoms with E-state index in [-0.39, 0.29) is 11.3 Å². The summed E-state index contributed by atoms with van der Waals surface area (Å²) in [6, 6.07) is 5.11. The van der Waals surface area contributed by atoms with Crippen molar-refractivity contribution in [3.8, 4) is 16.6 Å². The van der Waals surface area contributed by atoms with Gasteiger partial charge in [0.15, 0.2) is 5.69 Å². The van der Waals surface area contributed by atoms with Gasteiger partial charge in [-0.3, -0.25) is 0 Å². The van der Waals surface area contributed by atoms with E-state index in [1.54, 1.807) is 0 Å². The number of nitrogens with zero attached hydrogens (tertiary/aromatic N) is 2. The van der Waals surface area contributed by atoms with Gasteiger partial charge in [0.25, 0.3) is 0 Å². The number of hydrogen-bond donors (Lipinski definition) is 0. The summed E-state index contributed by atoms with van der Waals surface area (Å²) in [7, 11) is 0. The zero-order chi connectivity index (χ0) is 10.8. The maximum atomic E-state index is 13.3. The van der Waals surface area contributed by atoms with Gasteiger partial charge in [0, 0.05) is 17.0 Å². The van der Waals surface area contributed by atoms with E-state index in [9.17, 15) is 8.78 Å². The smallest absolute Gasteiger partial charge is 0.152 e. The molecule has 0 aliphatic heterocycles. The second-order valence-corrected chi connectivity index (χ2v) is 3.63. The summed E-state index contributed by atoms with van der Waals surface area (Å²) in [4.78, 5) is 3.88. The first-order valence-corrected chi connectivity index (χ1v) is 4.89. The fourth-order valence-corrected chi connectivity index (χ4v) is 1.88. The number of hydrogen-bond acceptors (Lipinski definition) is 3. The van der Waals surface area contributed by atoms with Crippen molar-refractivity contribution in [2.24, 2.45) is 0 Å². The molecular formula is C10H4F2N2S. The Morgan fingerprint density at radius 3 is 2.73 bits per heavy atom. The second kappa shape index (κ2) is 3.75. The number of rotatable bonds is 1. The molecule has 0 saturated carbocycles. The van der Waals surface area contributed by atoms with Crippen LogP contribution in [0.15, 0.2) is 23.6 Å². The topological polar surface area (TPSA) is 36.7 Å². The molecule has 0 N–H and O–H groups in total. The third-order valence-corrected chi connectivity index (χ3v) is 2.66. The van der Waals surface area contributed by atoms with Crippen molar-refractivity contribution in [3.05, 3.63) is 40.9 Å². The Morgan fingerprint density at radius 2 is 2.13 bits per heavy atom. The van der Waals surface area contributed by atoms with Crippen molar-refractivity contribution in [1.29, 1.82) is 5.26 Å². The Bertz CT molecular complexity index is 543. The largest absolute Gasteiger partial charge is 0.225 e. The van der Waals surface area contributed by atoms with E-state index in [2.05, 4.69) is 4.98 Å². The van der Waals surface area contributed by atoms with E-state index in [0.29, 0.717) is 5.01 Å². The molecule has 1 aromatic carbocycles. The summed E-state index contributed by atoms with van der Waals surface area (Å²) < 4.78 is 25.9. The summed E-state index contributed by atoms with van der Waals surface area (Å²) in [6.07, 6.45) is 0. The molecule has 2 rings (SSSR count). The van der Waals surface area contributed by atoms with Crippen LogP contribution in [0.3, 0.4) is 0 Å². The third kappa shape index (κ3) is 1.85. The highest BCUT2D eigenvalue weighted by Gasteiger charge is 2.10. The normalized spacial score (nSPS) is 9.93. The molecule has 0 spiro atoms. The minimum atomic E-state index is -0.672. The quantitative estimate of drug-likeness (QED) is 0.743. The summed E-state index contributed by atoms with van der Waals surface area (Å²) in [5.41, 5.74) is 0.446. The van der Waals surface area contributed by atoms with Gasteiger partial charge in [0.05, 0.1) is 0 Å². The average Bonchev–Trinajstić information content (AvgIpc) is 2.66. The number of thiazole rings is 1. The lowest BCUT2D eigenvalue weighted by atomic mass is 10.2. The zero-order valence-electron chi connectivity index (χ0n) is 7.37. The van der Waals surface area contributed by atoms with Crippen LogP contribution in [0, 0.1) is 23.0 Å². The van der Waals surface area contributed by atoms with Crippen molar-refractivity contribution in [2.75, 3.05) is 0 Å². The van der Waals surface area contributed by atoms with Gasteiger partial charge in [-0.05, 0) is 12.1 Å². The SMILES string of the molecule is N#Cc1csc(-c2ccc(F)cc2F)n1. The molecular weight excluding hydrogens is 218 g/mol. The van der Waals surface area contributed by atoms with Crippen LogP contribution in [0.5, 0.6) is 0 Å². The molecule has 0 radical (unpaired) electrons. The molecule has 0 bridgehead atoms. The van der Waals surface area contributed by atoms with Crippen molar-refractivity contribution in [3.63, 3.8) is 0 Å². The Balaban J connectivity index is 2.50. The van der Waals surface area contributed by atoms with E-state index in [1.165, 1.54) is 11.4 Å². The molecule has 0 aliphatic carbocycles. The molecule has 0 saturated heterocycles. The van der Waals surface area contributed by atoms with Gasteiger partial charge in [-0.15, -0.1) is 11.3 Å². The minimum absolute atomic E-state index is 0.211. The molecule has 0 fully saturated rings. The Morgan fingerprint density at radius 1 is 1.33 bits per heavy atom. The molecule has 2 nitrogen and oxygen atoms in total. The Kier molecular flexibility index (Phi) is 2.44. The zero-order valence-corrected chi connectivity index (χ0v) is 8.18. The van der Waals surface area contributed by atoms with Gasteiger partial charge in [-0.1, -0.05) is 0 Å². The van der Waals surface area contributed by atoms with E-state index in [4.69, 9.17) is 5.26 Å². The highest BCUT2D eigenvalue weighted by Crippen LogP contribution is 2.26. The van der Waals surface area contributed by atoms with E-state index < -0.39 is 11.6 Å². The summed E-state index contributed by atoms with van der Waals surface area (Å²) in [5.74, 6) is -1.30. The van der Waals surface area contributed by atoms with Crippen LogP contribution < -0.4 is 0 Å². The maximum absolute atomic E-state index is 13.3. The lowest BCUT2D eigenvalue weighted by Crippen LogP contribution is -1.85. The number of aromatic nitrogens is 1. The molecule has 0 aliphatic rings. The number of nitriles is 1. The van der Waals surface area contributed by atoms with E-state index in [1.807, 2.05) is 6.07 Å². The molecule has 15 heavy (non-hydrogen) atoms. The first-order valence-electron chi connectivity index (χ1n) is 4.02. The van der Waals surface area contributed by atoms with Crippen LogP contribution in [-0.2, 0) is 0 Å². The van der Waals surface area contributed by atoms with Gasteiger partial charge in [0.1, 0.15) is 22.7 Å². The standard InChI is InChI=1S/C10H4F2N2S/c11-6-1-2-8(9(12)3-6)10-14-7(4-13)5-15-10/h1-3,5H. The fraction of sp³-hybridized carbons (Fsp3) is 0. The van der Waals surface area contributed by atoms with Crippen LogP contribution >= 0.6 is 11.3 Å². The van der Waals surface area contributed by atoms with Gasteiger partial charge < -0.3 is 0 Å². The molecule has 0 amide bonds. The van der Waals surface area contributed by atoms with Crippen molar-refractivity contribution in [2.45, 2.75) is 0 Å². The number of benzene rings is 1. The Hall–Kier alpha value is -1.80. The van der Waals surface area contributed by atoms with Gasteiger partial charge in [-0.25, -0.2) is 13.8 Å². The lowest BCUT2D eigenvalue weighted by molar-refractivity contribution is 0.585. The van der Waals surface area contributed by atoms with Crippen LogP contribution in [0.2, 0.25) is 0 Å². The van der Waals surface area contributed by atoms with Gasteiger partial charge in [-0.2, -0.15) is 5.26 Å². The highest BCUT2D eigenvalue weighted by atomic mass is 32.1. The van der Waals surface area contributed by atoms with Crippen molar-refractivity contribution < 1.29 is 8.78 Å². The van der Waals surface area contributed by atoms with Crippen LogP contribution in [-0.4, -0.2) is 4.98 Å². The van der Waals surface area contributed by atoms with E-state index >= 15 is 0 Å². The summed E-state index contributed by atoms with van der Waals surface area (Å²) >= 11 is 1.15. The van der Waals surface area contributed by atoms with Crippen LogP contribution in [0.4, 0.5) is 8.78 Å². The molecule has 1 heterocycles. The van der Waals surface area contributed by atoms with Crippen LogP contribution in [0.25, 0.3) is 10.6 Å². The maximum Gasteiger partial charge on any atom is 0.152 e. The fourth-order valence-electron chi connectivity index (χ4n) is 1.11. The van der Waals surface area contributed by atoms with Crippen LogP contribution in [0.1, 0.15) is 5.69 Å². The molecule has 1 aromatic heterocycles. The predicted octanol–water partition coefficient (Wildman–Crippen LogP) is 2.96.